The number of carboxylic acid groups (broad SMARTS) is 1. The van der Waals surface area contributed by atoms with Crippen LogP contribution in [0, 0.1) is 0 Å². The number of benzene rings is 3. The maximum absolute atomic E-state index is 11.3. The Morgan fingerprint density at radius 3 is 2.44 bits per heavy atom. The van der Waals surface area contributed by atoms with Gasteiger partial charge >= 0.3 is 5.97 Å². The molecule has 0 aliphatic rings. The normalized spacial score (nSPS) is 11.7. The van der Waals surface area contributed by atoms with Gasteiger partial charge in [0.2, 0.25) is 0 Å². The van der Waals surface area contributed by atoms with Gasteiger partial charge in [0.15, 0.2) is 0 Å². The van der Waals surface area contributed by atoms with Gasteiger partial charge in [-0.2, -0.15) is 0 Å². The molecule has 1 N–H and O–H groups in total. The summed E-state index contributed by atoms with van der Waals surface area (Å²) in [5.41, 5.74) is 4.46. The van der Waals surface area contributed by atoms with Gasteiger partial charge < -0.3 is 19.1 Å². The molecule has 4 rings (SSSR count). The summed E-state index contributed by atoms with van der Waals surface area (Å²) in [6, 6.07) is 22.8. The van der Waals surface area contributed by atoms with E-state index in [9.17, 15) is 9.90 Å². The molecule has 0 aliphatic heterocycles. The van der Waals surface area contributed by atoms with Gasteiger partial charge in [-0.25, -0.2) is 0 Å². The van der Waals surface area contributed by atoms with Crippen molar-refractivity contribution in [1.82, 2.24) is 5.16 Å². The summed E-state index contributed by atoms with van der Waals surface area (Å²) in [7, 11) is 0. The van der Waals surface area contributed by atoms with Crippen LogP contribution in [0.1, 0.15) is 36.1 Å². The lowest BCUT2D eigenvalue weighted by molar-refractivity contribution is -0.137. The first-order valence-electron chi connectivity index (χ1n) is 10.9. The van der Waals surface area contributed by atoms with Crippen molar-refractivity contribution in [1.29, 1.82) is 0 Å². The van der Waals surface area contributed by atoms with E-state index in [0.717, 1.165) is 28.0 Å². The number of carboxylic acids is 1. The molecule has 0 saturated carbocycles. The molecular weight excluding hydrogens is 454 g/mol. The lowest BCUT2D eigenvalue weighted by atomic mass is 9.92. The predicted molar refractivity (Wildman–Crippen MR) is 129 cm³/mol. The summed E-state index contributed by atoms with van der Waals surface area (Å²) in [4.78, 5) is 11.3. The highest BCUT2D eigenvalue weighted by molar-refractivity contribution is 6.30. The lowest BCUT2D eigenvalue weighted by Gasteiger charge is -2.14. The second-order valence-corrected chi connectivity index (χ2v) is 8.14. The van der Waals surface area contributed by atoms with Gasteiger partial charge in [-0.3, -0.25) is 4.79 Å². The number of ether oxygens (including phenoxy) is 2. The van der Waals surface area contributed by atoms with Crippen LogP contribution in [0.15, 0.2) is 83.6 Å². The fourth-order valence-electron chi connectivity index (χ4n) is 3.72. The van der Waals surface area contributed by atoms with E-state index in [2.05, 4.69) is 5.16 Å². The third kappa shape index (κ3) is 5.77. The summed E-state index contributed by atoms with van der Waals surface area (Å²) in [5.74, 6) is 0.167. The van der Waals surface area contributed by atoms with Gasteiger partial charge in [0.25, 0.3) is 0 Å². The minimum atomic E-state index is -0.899. The molecular formula is C27H24ClNO5. The van der Waals surface area contributed by atoms with Crippen LogP contribution in [-0.4, -0.2) is 22.8 Å². The van der Waals surface area contributed by atoms with E-state index in [-0.39, 0.29) is 12.3 Å². The zero-order chi connectivity index (χ0) is 23.9. The zero-order valence-electron chi connectivity index (χ0n) is 18.6. The first kappa shape index (κ1) is 23.4. The molecule has 0 fully saturated rings. The molecule has 0 amide bonds. The summed E-state index contributed by atoms with van der Waals surface area (Å²) in [6.07, 6.45) is 1.37. The van der Waals surface area contributed by atoms with Crippen LogP contribution in [-0.2, 0) is 11.4 Å². The fourth-order valence-corrected chi connectivity index (χ4v) is 3.88. The number of aromatic nitrogens is 1. The average Bonchev–Trinajstić information content (AvgIpc) is 3.37. The second-order valence-electron chi connectivity index (χ2n) is 7.70. The highest BCUT2D eigenvalue weighted by Crippen LogP contribution is 2.33. The molecule has 7 heteroatoms. The Balaban J connectivity index is 1.42. The van der Waals surface area contributed by atoms with Gasteiger partial charge in [-0.1, -0.05) is 53.2 Å². The van der Waals surface area contributed by atoms with E-state index in [0.29, 0.717) is 29.7 Å². The van der Waals surface area contributed by atoms with Crippen LogP contribution in [0.5, 0.6) is 11.5 Å². The molecule has 1 atom stereocenters. The number of halogens is 1. The third-order valence-electron chi connectivity index (χ3n) is 5.39. The average molecular weight is 478 g/mol. The SMILES string of the molecule is CCOc1cc(Cl)ccc1-c1ccc(COc2ccc([C@H](CC(=O)O)c3ccon3)cc2)cc1. The molecule has 0 spiro atoms. The summed E-state index contributed by atoms with van der Waals surface area (Å²) in [5, 5.41) is 13.8. The number of hydrogen-bond acceptors (Lipinski definition) is 5. The first-order valence-corrected chi connectivity index (χ1v) is 11.3. The molecule has 0 bridgehead atoms. The zero-order valence-corrected chi connectivity index (χ0v) is 19.4. The van der Waals surface area contributed by atoms with Gasteiger partial charge in [0.1, 0.15) is 24.4 Å². The molecule has 3 aromatic carbocycles. The molecule has 1 aromatic heterocycles. The second kappa shape index (κ2) is 10.9. The first-order chi connectivity index (χ1) is 16.5. The minimum Gasteiger partial charge on any atom is -0.493 e. The van der Waals surface area contributed by atoms with Crippen LogP contribution in [0.2, 0.25) is 5.02 Å². The Hall–Kier alpha value is -3.77. The molecule has 0 aliphatic carbocycles. The summed E-state index contributed by atoms with van der Waals surface area (Å²) < 4.78 is 16.5. The van der Waals surface area contributed by atoms with E-state index in [4.69, 9.17) is 25.6 Å². The van der Waals surface area contributed by atoms with Crippen molar-refractivity contribution in [2.45, 2.75) is 25.9 Å². The standard InChI is InChI=1S/C27H24ClNO5/c1-2-32-26-15-21(28)9-12-23(26)19-5-3-18(4-6-19)17-33-22-10-7-20(8-11-22)24(16-27(30)31)25-13-14-34-29-25/h3-15,24H,2,16-17H2,1H3,(H,30,31)/t24-/m0/s1. The number of aliphatic carboxylic acids is 1. The maximum Gasteiger partial charge on any atom is 0.304 e. The number of hydrogen-bond donors (Lipinski definition) is 1. The van der Waals surface area contributed by atoms with Crippen molar-refractivity contribution in [3.63, 3.8) is 0 Å². The van der Waals surface area contributed by atoms with Crippen molar-refractivity contribution < 1.29 is 23.9 Å². The Morgan fingerprint density at radius 2 is 1.79 bits per heavy atom. The Morgan fingerprint density at radius 1 is 1.03 bits per heavy atom. The van der Waals surface area contributed by atoms with E-state index in [1.54, 1.807) is 6.07 Å². The van der Waals surface area contributed by atoms with E-state index >= 15 is 0 Å². The van der Waals surface area contributed by atoms with Crippen LogP contribution >= 0.6 is 11.6 Å². The van der Waals surface area contributed by atoms with Gasteiger partial charge in [-0.05, 0) is 53.9 Å². The molecule has 6 nitrogen and oxygen atoms in total. The van der Waals surface area contributed by atoms with Crippen LogP contribution < -0.4 is 9.47 Å². The molecule has 0 unspecified atom stereocenters. The highest BCUT2D eigenvalue weighted by atomic mass is 35.5. The Kier molecular flexibility index (Phi) is 7.50. The largest absolute Gasteiger partial charge is 0.493 e. The van der Waals surface area contributed by atoms with Crippen molar-refractivity contribution in [2.75, 3.05) is 6.61 Å². The number of rotatable bonds is 10. The minimum absolute atomic E-state index is 0.0717. The predicted octanol–water partition coefficient (Wildman–Crippen LogP) is 6.58. The van der Waals surface area contributed by atoms with E-state index < -0.39 is 5.97 Å². The van der Waals surface area contributed by atoms with Crippen molar-refractivity contribution >= 4 is 17.6 Å². The lowest BCUT2D eigenvalue weighted by Crippen LogP contribution is -2.08. The topological polar surface area (TPSA) is 81.8 Å². The van der Waals surface area contributed by atoms with E-state index in [1.165, 1.54) is 6.26 Å². The van der Waals surface area contributed by atoms with Crippen molar-refractivity contribution in [3.05, 3.63) is 101 Å². The Bertz CT molecular complexity index is 1220. The van der Waals surface area contributed by atoms with Gasteiger partial charge in [-0.15, -0.1) is 0 Å². The molecule has 34 heavy (non-hydrogen) atoms. The third-order valence-corrected chi connectivity index (χ3v) is 5.63. The quantitative estimate of drug-likeness (QED) is 0.278. The van der Waals surface area contributed by atoms with Gasteiger partial charge in [0, 0.05) is 22.6 Å². The number of carbonyl (C=O) groups is 1. The number of nitrogens with zero attached hydrogens (tertiary/aromatic N) is 1. The molecule has 174 valence electrons. The molecule has 0 saturated heterocycles. The van der Waals surface area contributed by atoms with E-state index in [1.807, 2.05) is 73.7 Å². The van der Waals surface area contributed by atoms with Gasteiger partial charge in [0.05, 0.1) is 18.7 Å². The fraction of sp³-hybridized carbons (Fsp3) is 0.185. The monoisotopic (exact) mass is 477 g/mol. The van der Waals surface area contributed by atoms with Crippen LogP contribution in [0.4, 0.5) is 0 Å². The summed E-state index contributed by atoms with van der Waals surface area (Å²) >= 11 is 6.11. The maximum atomic E-state index is 11.3. The molecule has 1 heterocycles. The van der Waals surface area contributed by atoms with Crippen LogP contribution in [0.25, 0.3) is 11.1 Å². The molecule has 4 aromatic rings. The van der Waals surface area contributed by atoms with Crippen molar-refractivity contribution in [2.24, 2.45) is 0 Å². The Labute approximate surface area is 202 Å². The van der Waals surface area contributed by atoms with Crippen molar-refractivity contribution in [3.8, 4) is 22.6 Å². The molecule has 0 radical (unpaired) electrons. The van der Waals surface area contributed by atoms with Crippen LogP contribution in [0.3, 0.4) is 0 Å². The summed E-state index contributed by atoms with van der Waals surface area (Å²) in [6.45, 7) is 2.91. The highest BCUT2D eigenvalue weighted by Gasteiger charge is 2.20. The smallest absolute Gasteiger partial charge is 0.304 e.